The molecule has 3 nitrogen and oxygen atoms in total. The Morgan fingerprint density at radius 1 is 1.42 bits per heavy atom. The van der Waals surface area contributed by atoms with E-state index in [2.05, 4.69) is 42.7 Å². The zero-order valence-electron chi connectivity index (χ0n) is 12.1. The van der Waals surface area contributed by atoms with Gasteiger partial charge in [0.15, 0.2) is 0 Å². The van der Waals surface area contributed by atoms with Crippen molar-refractivity contribution in [1.29, 1.82) is 0 Å². The zero-order valence-corrected chi connectivity index (χ0v) is 12.1. The van der Waals surface area contributed by atoms with Gasteiger partial charge in [0, 0.05) is 37.3 Å². The molecule has 1 aromatic rings. The van der Waals surface area contributed by atoms with E-state index in [4.69, 9.17) is 4.74 Å². The van der Waals surface area contributed by atoms with Crippen molar-refractivity contribution in [2.24, 2.45) is 5.41 Å². The maximum atomic E-state index is 5.49. The van der Waals surface area contributed by atoms with E-state index in [1.165, 1.54) is 16.8 Å². The highest BCUT2D eigenvalue weighted by Crippen LogP contribution is 2.42. The summed E-state index contributed by atoms with van der Waals surface area (Å²) in [4.78, 5) is 0. The van der Waals surface area contributed by atoms with Crippen LogP contribution in [0.25, 0.3) is 0 Å². The van der Waals surface area contributed by atoms with Crippen LogP contribution in [0.15, 0.2) is 18.2 Å². The van der Waals surface area contributed by atoms with Crippen molar-refractivity contribution in [3.8, 4) is 0 Å². The van der Waals surface area contributed by atoms with Gasteiger partial charge in [-0.3, -0.25) is 0 Å². The van der Waals surface area contributed by atoms with Crippen molar-refractivity contribution >= 4 is 5.69 Å². The van der Waals surface area contributed by atoms with Crippen LogP contribution in [0.2, 0.25) is 0 Å². The SMILES string of the molecule is COC1CC(NCc2ccc3c(c2)NCC3)C1(C)C. The van der Waals surface area contributed by atoms with Crippen LogP contribution in [0, 0.1) is 5.41 Å². The predicted molar refractivity (Wildman–Crippen MR) is 78.5 cm³/mol. The van der Waals surface area contributed by atoms with E-state index in [0.717, 1.165) is 25.9 Å². The molecule has 2 N–H and O–H groups in total. The molecule has 19 heavy (non-hydrogen) atoms. The highest BCUT2D eigenvalue weighted by Gasteiger charge is 2.48. The number of anilines is 1. The number of benzene rings is 1. The number of fused-ring (bicyclic) bond motifs is 1. The number of hydrogen-bond acceptors (Lipinski definition) is 3. The topological polar surface area (TPSA) is 33.3 Å². The summed E-state index contributed by atoms with van der Waals surface area (Å²) in [6, 6.07) is 7.35. The van der Waals surface area contributed by atoms with Gasteiger partial charge >= 0.3 is 0 Å². The normalized spacial score (nSPS) is 27.5. The molecular weight excluding hydrogens is 236 g/mol. The van der Waals surface area contributed by atoms with Crippen LogP contribution >= 0.6 is 0 Å². The second-order valence-electron chi connectivity index (χ2n) is 6.38. The Balaban J connectivity index is 1.59. The second-order valence-corrected chi connectivity index (χ2v) is 6.38. The zero-order chi connectivity index (χ0) is 13.5. The van der Waals surface area contributed by atoms with Crippen molar-refractivity contribution < 1.29 is 4.74 Å². The maximum Gasteiger partial charge on any atom is 0.0652 e. The first-order valence-electron chi connectivity index (χ1n) is 7.23. The van der Waals surface area contributed by atoms with Gasteiger partial charge in [-0.25, -0.2) is 0 Å². The quantitative estimate of drug-likeness (QED) is 0.873. The third kappa shape index (κ3) is 2.26. The number of rotatable bonds is 4. The van der Waals surface area contributed by atoms with Crippen LogP contribution < -0.4 is 10.6 Å². The summed E-state index contributed by atoms with van der Waals surface area (Å²) < 4.78 is 5.49. The standard InChI is InChI=1S/C16H24N2O/c1-16(2)14(9-15(16)19-3)18-10-11-4-5-12-6-7-17-13(12)8-11/h4-5,8,14-15,17-18H,6-7,9-10H2,1-3H3. The largest absolute Gasteiger partial charge is 0.384 e. The fraction of sp³-hybridized carbons (Fsp3) is 0.625. The van der Waals surface area contributed by atoms with E-state index in [9.17, 15) is 0 Å². The minimum atomic E-state index is 0.240. The molecule has 0 spiro atoms. The van der Waals surface area contributed by atoms with Crippen LogP contribution in [0.4, 0.5) is 5.69 Å². The van der Waals surface area contributed by atoms with Crippen molar-refractivity contribution in [2.45, 2.75) is 45.4 Å². The molecule has 2 aliphatic rings. The van der Waals surface area contributed by atoms with Gasteiger partial charge < -0.3 is 15.4 Å². The molecule has 1 fully saturated rings. The van der Waals surface area contributed by atoms with Crippen molar-refractivity contribution in [1.82, 2.24) is 5.32 Å². The molecule has 1 heterocycles. The third-order valence-corrected chi connectivity index (χ3v) is 4.90. The Labute approximate surface area is 115 Å². The summed E-state index contributed by atoms with van der Waals surface area (Å²) in [5.41, 5.74) is 4.38. The van der Waals surface area contributed by atoms with Crippen LogP contribution in [0.3, 0.4) is 0 Å². The Morgan fingerprint density at radius 2 is 2.26 bits per heavy atom. The minimum absolute atomic E-state index is 0.240. The lowest BCUT2D eigenvalue weighted by atomic mass is 9.64. The van der Waals surface area contributed by atoms with Crippen molar-refractivity contribution in [3.63, 3.8) is 0 Å². The molecule has 0 radical (unpaired) electrons. The van der Waals surface area contributed by atoms with E-state index < -0.39 is 0 Å². The van der Waals surface area contributed by atoms with Gasteiger partial charge in [0.2, 0.25) is 0 Å². The fourth-order valence-corrected chi connectivity index (χ4v) is 3.32. The monoisotopic (exact) mass is 260 g/mol. The molecule has 0 saturated heterocycles. The summed E-state index contributed by atoms with van der Waals surface area (Å²) in [5.74, 6) is 0. The van der Waals surface area contributed by atoms with Crippen LogP contribution in [0.1, 0.15) is 31.4 Å². The molecule has 2 atom stereocenters. The molecule has 3 rings (SSSR count). The van der Waals surface area contributed by atoms with Gasteiger partial charge in [0.1, 0.15) is 0 Å². The average molecular weight is 260 g/mol. The summed E-state index contributed by atoms with van der Waals surface area (Å²) in [5, 5.41) is 7.11. The summed E-state index contributed by atoms with van der Waals surface area (Å²) in [6.45, 7) is 6.59. The summed E-state index contributed by atoms with van der Waals surface area (Å²) in [7, 11) is 1.81. The molecule has 1 saturated carbocycles. The highest BCUT2D eigenvalue weighted by molar-refractivity contribution is 5.57. The van der Waals surface area contributed by atoms with E-state index in [1.54, 1.807) is 0 Å². The Bertz CT molecular complexity index is 470. The van der Waals surface area contributed by atoms with Crippen LogP contribution in [-0.4, -0.2) is 25.8 Å². The van der Waals surface area contributed by atoms with Gasteiger partial charge in [-0.05, 0) is 30.0 Å². The average Bonchev–Trinajstić information content (AvgIpc) is 2.85. The molecule has 3 heteroatoms. The van der Waals surface area contributed by atoms with E-state index in [0.29, 0.717) is 12.1 Å². The Hall–Kier alpha value is -1.06. The van der Waals surface area contributed by atoms with Gasteiger partial charge in [-0.15, -0.1) is 0 Å². The molecule has 1 aliphatic heterocycles. The first-order chi connectivity index (χ1) is 9.11. The smallest absolute Gasteiger partial charge is 0.0652 e. The lowest BCUT2D eigenvalue weighted by molar-refractivity contribution is -0.0979. The van der Waals surface area contributed by atoms with E-state index in [-0.39, 0.29) is 5.41 Å². The number of hydrogen-bond donors (Lipinski definition) is 2. The maximum absolute atomic E-state index is 5.49. The predicted octanol–water partition coefficient (Wildman–Crippen LogP) is 2.56. The van der Waals surface area contributed by atoms with Crippen LogP contribution in [0.5, 0.6) is 0 Å². The first-order valence-corrected chi connectivity index (χ1v) is 7.23. The Kier molecular flexibility index (Phi) is 3.27. The fourth-order valence-electron chi connectivity index (χ4n) is 3.32. The van der Waals surface area contributed by atoms with E-state index >= 15 is 0 Å². The number of ether oxygens (including phenoxy) is 1. The summed E-state index contributed by atoms with van der Waals surface area (Å²) >= 11 is 0. The minimum Gasteiger partial charge on any atom is -0.384 e. The molecule has 0 amide bonds. The van der Waals surface area contributed by atoms with Crippen molar-refractivity contribution in [3.05, 3.63) is 29.3 Å². The molecule has 2 unspecified atom stereocenters. The molecular formula is C16H24N2O. The van der Waals surface area contributed by atoms with E-state index in [1.807, 2.05) is 7.11 Å². The molecule has 1 aromatic carbocycles. The lowest BCUT2D eigenvalue weighted by Gasteiger charge is -2.51. The Morgan fingerprint density at radius 3 is 3.00 bits per heavy atom. The summed E-state index contributed by atoms with van der Waals surface area (Å²) in [6.07, 6.45) is 2.67. The van der Waals surface area contributed by atoms with Gasteiger partial charge in [0.05, 0.1) is 6.10 Å². The number of methoxy groups -OCH3 is 1. The highest BCUT2D eigenvalue weighted by atomic mass is 16.5. The molecule has 0 bridgehead atoms. The van der Waals surface area contributed by atoms with Gasteiger partial charge in [0.25, 0.3) is 0 Å². The first kappa shape index (κ1) is 12.9. The molecule has 0 aromatic heterocycles. The number of nitrogens with one attached hydrogen (secondary N) is 2. The third-order valence-electron chi connectivity index (χ3n) is 4.90. The molecule has 104 valence electrons. The van der Waals surface area contributed by atoms with Gasteiger partial charge in [-0.1, -0.05) is 26.0 Å². The second kappa shape index (κ2) is 4.80. The molecule has 1 aliphatic carbocycles. The lowest BCUT2D eigenvalue weighted by Crippen LogP contribution is -2.60. The van der Waals surface area contributed by atoms with Crippen LogP contribution in [-0.2, 0) is 17.7 Å². The van der Waals surface area contributed by atoms with Crippen molar-refractivity contribution in [2.75, 3.05) is 19.0 Å². The van der Waals surface area contributed by atoms with Gasteiger partial charge in [-0.2, -0.15) is 0 Å².